The van der Waals surface area contributed by atoms with Crippen LogP contribution in [0.4, 0.5) is 5.82 Å². The zero-order chi connectivity index (χ0) is 13.1. The Balaban J connectivity index is 1.97. The van der Waals surface area contributed by atoms with E-state index in [9.17, 15) is 4.79 Å². The Morgan fingerprint density at radius 3 is 2.83 bits per heavy atom. The molecule has 1 aliphatic rings. The maximum absolute atomic E-state index is 12.1. The predicted molar refractivity (Wildman–Crippen MR) is 71.2 cm³/mol. The smallest absolute Gasteiger partial charge is 0.230 e. The SMILES string of the molecule is CC(C)n1ccc(NC(=O)C2CCCCC2N)n1. The van der Waals surface area contributed by atoms with Gasteiger partial charge in [0.25, 0.3) is 0 Å². The van der Waals surface area contributed by atoms with Gasteiger partial charge in [-0.1, -0.05) is 12.8 Å². The number of carbonyl (C=O) groups excluding carboxylic acids is 1. The number of anilines is 1. The topological polar surface area (TPSA) is 72.9 Å². The van der Waals surface area contributed by atoms with Crippen molar-refractivity contribution in [2.45, 2.75) is 51.6 Å². The predicted octanol–water partition coefficient (Wildman–Crippen LogP) is 1.92. The van der Waals surface area contributed by atoms with E-state index in [0.29, 0.717) is 11.9 Å². The molecule has 0 saturated heterocycles. The van der Waals surface area contributed by atoms with Gasteiger partial charge in [0.1, 0.15) is 0 Å². The lowest BCUT2D eigenvalue weighted by molar-refractivity contribution is -0.121. The molecule has 100 valence electrons. The van der Waals surface area contributed by atoms with Crippen LogP contribution in [0.25, 0.3) is 0 Å². The van der Waals surface area contributed by atoms with Gasteiger partial charge in [0, 0.05) is 24.3 Å². The highest BCUT2D eigenvalue weighted by Gasteiger charge is 2.28. The van der Waals surface area contributed by atoms with E-state index < -0.39 is 0 Å². The molecule has 1 aromatic rings. The molecule has 18 heavy (non-hydrogen) atoms. The van der Waals surface area contributed by atoms with Crippen molar-refractivity contribution in [3.8, 4) is 0 Å². The monoisotopic (exact) mass is 250 g/mol. The molecule has 2 unspecified atom stereocenters. The normalized spacial score (nSPS) is 24.2. The molecule has 1 aliphatic carbocycles. The summed E-state index contributed by atoms with van der Waals surface area (Å²) in [5.41, 5.74) is 6.00. The van der Waals surface area contributed by atoms with Gasteiger partial charge in [-0.2, -0.15) is 5.10 Å². The maximum Gasteiger partial charge on any atom is 0.230 e. The summed E-state index contributed by atoms with van der Waals surface area (Å²) in [6.07, 6.45) is 5.93. The molecule has 1 fully saturated rings. The number of nitrogens with two attached hydrogens (primary N) is 1. The maximum atomic E-state index is 12.1. The molecule has 0 radical (unpaired) electrons. The summed E-state index contributed by atoms with van der Waals surface area (Å²) in [4.78, 5) is 12.1. The molecule has 1 amide bonds. The number of nitrogens with one attached hydrogen (secondary N) is 1. The quantitative estimate of drug-likeness (QED) is 0.860. The summed E-state index contributed by atoms with van der Waals surface area (Å²) in [7, 11) is 0. The third-order valence-electron chi connectivity index (χ3n) is 3.54. The molecule has 5 heteroatoms. The number of amides is 1. The van der Waals surface area contributed by atoms with Crippen LogP contribution < -0.4 is 11.1 Å². The van der Waals surface area contributed by atoms with E-state index in [0.717, 1.165) is 25.7 Å². The van der Waals surface area contributed by atoms with Crippen molar-refractivity contribution in [2.75, 3.05) is 5.32 Å². The van der Waals surface area contributed by atoms with Crippen molar-refractivity contribution in [2.24, 2.45) is 11.7 Å². The second kappa shape index (κ2) is 5.52. The van der Waals surface area contributed by atoms with Crippen molar-refractivity contribution < 1.29 is 4.79 Å². The van der Waals surface area contributed by atoms with Crippen LogP contribution in [0.15, 0.2) is 12.3 Å². The van der Waals surface area contributed by atoms with Gasteiger partial charge in [-0.3, -0.25) is 9.48 Å². The molecule has 1 aromatic heterocycles. The van der Waals surface area contributed by atoms with Crippen molar-refractivity contribution in [1.29, 1.82) is 0 Å². The van der Waals surface area contributed by atoms with Crippen LogP contribution in [0.1, 0.15) is 45.6 Å². The largest absolute Gasteiger partial charge is 0.327 e. The fourth-order valence-corrected chi connectivity index (χ4v) is 2.40. The first-order valence-electron chi connectivity index (χ1n) is 6.69. The Labute approximate surface area is 108 Å². The van der Waals surface area contributed by atoms with Crippen LogP contribution in [-0.4, -0.2) is 21.7 Å². The van der Waals surface area contributed by atoms with Crippen molar-refractivity contribution in [3.05, 3.63) is 12.3 Å². The second-order valence-electron chi connectivity index (χ2n) is 5.32. The molecule has 2 atom stereocenters. The van der Waals surface area contributed by atoms with Crippen molar-refractivity contribution >= 4 is 11.7 Å². The van der Waals surface area contributed by atoms with Gasteiger partial charge in [0.15, 0.2) is 5.82 Å². The minimum atomic E-state index is -0.0667. The van der Waals surface area contributed by atoms with Gasteiger partial charge < -0.3 is 11.1 Å². The summed E-state index contributed by atoms with van der Waals surface area (Å²) >= 11 is 0. The minimum Gasteiger partial charge on any atom is -0.327 e. The Morgan fingerprint density at radius 1 is 1.50 bits per heavy atom. The average molecular weight is 250 g/mol. The van der Waals surface area contributed by atoms with Crippen LogP contribution in [0, 0.1) is 5.92 Å². The van der Waals surface area contributed by atoms with Gasteiger partial charge in [-0.25, -0.2) is 0 Å². The van der Waals surface area contributed by atoms with Crippen molar-refractivity contribution in [3.63, 3.8) is 0 Å². The van der Waals surface area contributed by atoms with Crippen LogP contribution >= 0.6 is 0 Å². The van der Waals surface area contributed by atoms with Crippen LogP contribution in [0.2, 0.25) is 0 Å². The van der Waals surface area contributed by atoms with E-state index in [1.165, 1.54) is 0 Å². The number of aromatic nitrogens is 2. The second-order valence-corrected chi connectivity index (χ2v) is 5.32. The number of carbonyl (C=O) groups is 1. The molecule has 0 aliphatic heterocycles. The van der Waals surface area contributed by atoms with E-state index >= 15 is 0 Å². The lowest BCUT2D eigenvalue weighted by Gasteiger charge is -2.27. The summed E-state index contributed by atoms with van der Waals surface area (Å²) in [5.74, 6) is 0.561. The van der Waals surface area contributed by atoms with Gasteiger partial charge in [-0.05, 0) is 26.7 Å². The minimum absolute atomic E-state index is 0.00839. The Morgan fingerprint density at radius 2 is 2.22 bits per heavy atom. The lowest BCUT2D eigenvalue weighted by Crippen LogP contribution is -2.40. The van der Waals surface area contributed by atoms with Gasteiger partial charge in [0.2, 0.25) is 5.91 Å². The number of hydrogen-bond acceptors (Lipinski definition) is 3. The summed E-state index contributed by atoms with van der Waals surface area (Å²) in [6, 6.07) is 2.12. The molecule has 0 spiro atoms. The summed E-state index contributed by atoms with van der Waals surface area (Å²) in [5, 5.41) is 7.18. The Bertz CT molecular complexity index is 413. The lowest BCUT2D eigenvalue weighted by atomic mass is 9.84. The summed E-state index contributed by atoms with van der Waals surface area (Å²) < 4.78 is 1.83. The first-order valence-corrected chi connectivity index (χ1v) is 6.69. The van der Waals surface area contributed by atoms with E-state index in [1.54, 1.807) is 0 Å². The fourth-order valence-electron chi connectivity index (χ4n) is 2.40. The van der Waals surface area contributed by atoms with Crippen LogP contribution in [0.3, 0.4) is 0 Å². The molecular weight excluding hydrogens is 228 g/mol. The Hall–Kier alpha value is -1.36. The molecule has 3 N–H and O–H groups in total. The van der Waals surface area contributed by atoms with Gasteiger partial charge in [-0.15, -0.1) is 0 Å². The summed E-state index contributed by atoms with van der Waals surface area (Å²) in [6.45, 7) is 4.10. The molecule has 1 saturated carbocycles. The van der Waals surface area contributed by atoms with Gasteiger partial charge in [0.05, 0.1) is 5.92 Å². The van der Waals surface area contributed by atoms with E-state index in [1.807, 2.05) is 16.9 Å². The molecule has 1 heterocycles. The highest BCUT2D eigenvalue weighted by molar-refractivity contribution is 5.92. The van der Waals surface area contributed by atoms with Crippen molar-refractivity contribution in [1.82, 2.24) is 9.78 Å². The van der Waals surface area contributed by atoms with E-state index in [-0.39, 0.29) is 17.9 Å². The number of rotatable bonds is 3. The highest BCUT2D eigenvalue weighted by Crippen LogP contribution is 2.24. The zero-order valence-electron chi connectivity index (χ0n) is 11.1. The first kappa shape index (κ1) is 13.1. The molecule has 5 nitrogen and oxygen atoms in total. The fraction of sp³-hybridized carbons (Fsp3) is 0.692. The first-order chi connectivity index (χ1) is 8.58. The van der Waals surface area contributed by atoms with Gasteiger partial charge >= 0.3 is 0 Å². The third kappa shape index (κ3) is 2.90. The zero-order valence-corrected chi connectivity index (χ0v) is 11.1. The number of hydrogen-bond donors (Lipinski definition) is 2. The third-order valence-corrected chi connectivity index (χ3v) is 3.54. The molecule has 0 bridgehead atoms. The molecule has 0 aromatic carbocycles. The number of nitrogens with zero attached hydrogens (tertiary/aromatic N) is 2. The molecular formula is C13H22N4O. The average Bonchev–Trinajstić information content (AvgIpc) is 2.78. The van der Waals surface area contributed by atoms with Crippen LogP contribution in [-0.2, 0) is 4.79 Å². The Kier molecular flexibility index (Phi) is 4.01. The standard InChI is InChI=1S/C13H22N4O/c1-9(2)17-8-7-12(16-17)15-13(18)10-5-3-4-6-11(10)14/h7-11H,3-6,14H2,1-2H3,(H,15,16,18). The molecule has 2 rings (SSSR count). The van der Waals surface area contributed by atoms with E-state index in [2.05, 4.69) is 24.3 Å². The highest BCUT2D eigenvalue weighted by atomic mass is 16.2. The van der Waals surface area contributed by atoms with Crippen LogP contribution in [0.5, 0.6) is 0 Å². The van der Waals surface area contributed by atoms with E-state index in [4.69, 9.17) is 5.73 Å².